The normalized spacial score (nSPS) is 11.5. The van der Waals surface area contributed by atoms with E-state index in [4.69, 9.17) is 28.3 Å². The van der Waals surface area contributed by atoms with Crippen LogP contribution in [0.5, 0.6) is 0 Å². The van der Waals surface area contributed by atoms with Crippen LogP contribution >= 0.6 is 39.1 Å². The molecule has 0 amide bonds. The first-order chi connectivity index (χ1) is 19.1. The number of nitrogens with zero attached hydrogens (tertiary/aromatic N) is 2. The Bertz CT molecular complexity index is 1640. The van der Waals surface area contributed by atoms with Gasteiger partial charge in [0, 0.05) is 21.2 Å². The van der Waals surface area contributed by atoms with Crippen LogP contribution in [0.25, 0.3) is 22.5 Å². The summed E-state index contributed by atoms with van der Waals surface area (Å²) in [6, 6.07) is 47.2. The third-order valence-electron chi connectivity index (χ3n) is 6.92. The van der Waals surface area contributed by atoms with E-state index in [1.165, 1.54) is 0 Å². The molecule has 0 aliphatic carbocycles. The summed E-state index contributed by atoms with van der Waals surface area (Å²) in [5, 5.41) is 6.70. The van der Waals surface area contributed by atoms with Crippen molar-refractivity contribution in [2.45, 2.75) is 5.54 Å². The summed E-state index contributed by atoms with van der Waals surface area (Å²) < 4.78 is 3.00. The average Bonchev–Trinajstić information content (AvgIpc) is 3.32. The Kier molecular flexibility index (Phi) is 7.14. The van der Waals surface area contributed by atoms with Gasteiger partial charge in [-0.3, -0.25) is 0 Å². The summed E-state index contributed by atoms with van der Waals surface area (Å²) in [5.74, 6) is 0. The lowest BCUT2D eigenvalue weighted by atomic mass is 9.76. The van der Waals surface area contributed by atoms with Gasteiger partial charge < -0.3 is 0 Å². The molecule has 0 saturated carbocycles. The van der Waals surface area contributed by atoms with Crippen LogP contribution in [0.4, 0.5) is 0 Å². The summed E-state index contributed by atoms with van der Waals surface area (Å²) in [6.07, 6.45) is 0. The lowest BCUT2D eigenvalue weighted by Crippen LogP contribution is -2.39. The second-order valence-corrected chi connectivity index (χ2v) is 10.9. The van der Waals surface area contributed by atoms with E-state index in [0.717, 1.165) is 43.7 Å². The molecule has 0 N–H and O–H groups in total. The number of benzene rings is 5. The standard InChI is InChI=1S/C34H23BrCl2N2/c35-31-32(24-12-10-20-29(36)22-24)38-39(33(31)25-13-11-21-30(37)23-25)34(26-14-4-1-5-15-26,27-16-6-2-7-17-27)28-18-8-3-9-19-28/h1-23H. The zero-order valence-electron chi connectivity index (χ0n) is 20.8. The van der Waals surface area contributed by atoms with E-state index >= 15 is 0 Å². The minimum atomic E-state index is -0.805. The van der Waals surface area contributed by atoms with E-state index in [1.54, 1.807) is 0 Å². The van der Waals surface area contributed by atoms with E-state index in [2.05, 4.69) is 99.5 Å². The van der Waals surface area contributed by atoms with Gasteiger partial charge in [0.15, 0.2) is 0 Å². The molecule has 0 radical (unpaired) electrons. The van der Waals surface area contributed by atoms with Crippen LogP contribution in [0.2, 0.25) is 10.0 Å². The summed E-state index contributed by atoms with van der Waals surface area (Å²) in [6.45, 7) is 0. The highest BCUT2D eigenvalue weighted by molar-refractivity contribution is 9.10. The van der Waals surface area contributed by atoms with E-state index in [-0.39, 0.29) is 0 Å². The van der Waals surface area contributed by atoms with Gasteiger partial charge in [0.1, 0.15) is 11.2 Å². The van der Waals surface area contributed by atoms with Crippen LogP contribution in [0.15, 0.2) is 144 Å². The monoisotopic (exact) mass is 608 g/mol. The maximum atomic E-state index is 6.55. The van der Waals surface area contributed by atoms with Crippen molar-refractivity contribution in [2.75, 3.05) is 0 Å². The smallest absolute Gasteiger partial charge is 0.138 e. The molecule has 0 fully saturated rings. The van der Waals surface area contributed by atoms with Gasteiger partial charge in [-0.05, 0) is 56.9 Å². The number of hydrogen-bond acceptors (Lipinski definition) is 1. The third-order valence-corrected chi connectivity index (χ3v) is 8.14. The van der Waals surface area contributed by atoms with Crippen molar-refractivity contribution in [1.82, 2.24) is 9.78 Å². The second-order valence-electron chi connectivity index (χ2n) is 9.25. The van der Waals surface area contributed by atoms with Crippen LogP contribution in [0.1, 0.15) is 16.7 Å². The molecule has 0 saturated heterocycles. The van der Waals surface area contributed by atoms with Gasteiger partial charge in [0.2, 0.25) is 0 Å². The molecule has 39 heavy (non-hydrogen) atoms. The van der Waals surface area contributed by atoms with Crippen molar-refractivity contribution >= 4 is 39.1 Å². The van der Waals surface area contributed by atoms with Crippen molar-refractivity contribution in [3.8, 4) is 22.5 Å². The molecule has 0 bridgehead atoms. The Morgan fingerprint density at radius 2 is 0.974 bits per heavy atom. The Morgan fingerprint density at radius 3 is 1.44 bits per heavy atom. The predicted octanol–water partition coefficient (Wildman–Crippen LogP) is 10.1. The van der Waals surface area contributed by atoms with E-state index in [1.807, 2.05) is 60.7 Å². The molecule has 5 heteroatoms. The number of halogens is 3. The summed E-state index contributed by atoms with van der Waals surface area (Å²) in [7, 11) is 0. The lowest BCUT2D eigenvalue weighted by molar-refractivity contribution is 0.466. The summed E-state index contributed by atoms with van der Waals surface area (Å²) >= 11 is 17.0. The first-order valence-electron chi connectivity index (χ1n) is 12.6. The molecule has 0 aliphatic rings. The Morgan fingerprint density at radius 1 is 0.538 bits per heavy atom. The van der Waals surface area contributed by atoms with Crippen molar-refractivity contribution in [1.29, 1.82) is 0 Å². The van der Waals surface area contributed by atoms with E-state index < -0.39 is 5.54 Å². The molecule has 1 aromatic heterocycles. The zero-order chi connectivity index (χ0) is 26.8. The molecule has 0 atom stereocenters. The van der Waals surface area contributed by atoms with E-state index in [0.29, 0.717) is 10.0 Å². The van der Waals surface area contributed by atoms with Crippen LogP contribution in [0, 0.1) is 0 Å². The topological polar surface area (TPSA) is 17.8 Å². The molecule has 6 rings (SSSR count). The van der Waals surface area contributed by atoms with Gasteiger partial charge >= 0.3 is 0 Å². The Hall–Kier alpha value is -3.63. The predicted molar refractivity (Wildman–Crippen MR) is 165 cm³/mol. The van der Waals surface area contributed by atoms with Crippen LogP contribution in [-0.4, -0.2) is 9.78 Å². The molecule has 0 spiro atoms. The molecule has 1 heterocycles. The number of hydrogen-bond donors (Lipinski definition) is 0. The molecule has 190 valence electrons. The fourth-order valence-electron chi connectivity index (χ4n) is 5.25. The Labute approximate surface area is 246 Å². The van der Waals surface area contributed by atoms with Crippen LogP contribution in [0.3, 0.4) is 0 Å². The highest BCUT2D eigenvalue weighted by atomic mass is 79.9. The first kappa shape index (κ1) is 25.6. The molecule has 5 aromatic carbocycles. The first-order valence-corrected chi connectivity index (χ1v) is 14.1. The van der Waals surface area contributed by atoms with Crippen molar-refractivity contribution in [3.63, 3.8) is 0 Å². The van der Waals surface area contributed by atoms with Crippen molar-refractivity contribution < 1.29 is 0 Å². The number of aromatic nitrogens is 2. The fourth-order valence-corrected chi connectivity index (χ4v) is 6.34. The lowest BCUT2D eigenvalue weighted by Gasteiger charge is -2.37. The molecule has 0 unspecified atom stereocenters. The third kappa shape index (κ3) is 4.61. The van der Waals surface area contributed by atoms with Gasteiger partial charge in [-0.15, -0.1) is 0 Å². The summed E-state index contributed by atoms with van der Waals surface area (Å²) in [4.78, 5) is 0. The Balaban J connectivity index is 1.81. The van der Waals surface area contributed by atoms with Crippen LogP contribution in [-0.2, 0) is 5.54 Å². The molecular formula is C34H23BrCl2N2. The molecule has 0 aliphatic heterocycles. The minimum Gasteiger partial charge on any atom is -0.243 e. The highest BCUT2D eigenvalue weighted by Crippen LogP contribution is 2.47. The molecule has 6 aromatic rings. The quantitative estimate of drug-likeness (QED) is 0.172. The highest BCUT2D eigenvalue weighted by Gasteiger charge is 2.42. The van der Waals surface area contributed by atoms with Gasteiger partial charge in [0.05, 0.1) is 10.2 Å². The van der Waals surface area contributed by atoms with E-state index in [9.17, 15) is 0 Å². The largest absolute Gasteiger partial charge is 0.243 e. The summed E-state index contributed by atoms with van der Waals surface area (Å²) in [5.41, 5.74) is 6.00. The zero-order valence-corrected chi connectivity index (χ0v) is 23.9. The minimum absolute atomic E-state index is 0.652. The van der Waals surface area contributed by atoms with Gasteiger partial charge in [-0.2, -0.15) is 5.10 Å². The van der Waals surface area contributed by atoms with Gasteiger partial charge in [0.25, 0.3) is 0 Å². The van der Waals surface area contributed by atoms with Crippen molar-refractivity contribution in [3.05, 3.63) is 171 Å². The van der Waals surface area contributed by atoms with Gasteiger partial charge in [-0.25, -0.2) is 4.68 Å². The SMILES string of the molecule is Clc1cccc(-c2nn(C(c3ccccc3)(c3ccccc3)c3ccccc3)c(-c3cccc(Cl)c3)c2Br)c1. The molecular weight excluding hydrogens is 587 g/mol. The van der Waals surface area contributed by atoms with Crippen LogP contribution < -0.4 is 0 Å². The maximum absolute atomic E-state index is 6.55. The second kappa shape index (κ2) is 10.9. The maximum Gasteiger partial charge on any atom is 0.138 e. The fraction of sp³-hybridized carbons (Fsp3) is 0.0294. The van der Waals surface area contributed by atoms with Gasteiger partial charge in [-0.1, -0.05) is 138 Å². The number of rotatable bonds is 6. The van der Waals surface area contributed by atoms with Crippen molar-refractivity contribution in [2.24, 2.45) is 0 Å². The molecule has 2 nitrogen and oxygen atoms in total. The average molecular weight is 610 g/mol.